The van der Waals surface area contributed by atoms with Gasteiger partial charge < -0.3 is 10.2 Å². The lowest BCUT2D eigenvalue weighted by atomic mass is 10.00. The van der Waals surface area contributed by atoms with Crippen molar-refractivity contribution in [3.05, 3.63) is 34.9 Å². The summed E-state index contributed by atoms with van der Waals surface area (Å²) in [5.74, 6) is -0.654. The zero-order valence-electron chi connectivity index (χ0n) is 9.11. The van der Waals surface area contributed by atoms with Crippen molar-refractivity contribution in [3.63, 3.8) is 0 Å². The lowest BCUT2D eigenvalue weighted by Crippen LogP contribution is -2.11. The molecule has 0 spiro atoms. The van der Waals surface area contributed by atoms with Crippen LogP contribution in [0.2, 0.25) is 0 Å². The second kappa shape index (κ2) is 5.87. The van der Waals surface area contributed by atoms with E-state index < -0.39 is 12.1 Å². The molecular weight excluding hydrogens is 228 g/mol. The molecule has 0 aliphatic rings. The highest BCUT2D eigenvalue weighted by atomic mass is 35.5. The molecule has 1 unspecified atom stereocenters. The quantitative estimate of drug-likeness (QED) is 0.779. The van der Waals surface area contributed by atoms with Crippen LogP contribution in [-0.4, -0.2) is 22.1 Å². The first-order chi connectivity index (χ1) is 7.54. The Balaban J connectivity index is 2.93. The molecule has 2 N–H and O–H groups in total. The number of halogens is 1. The van der Waals surface area contributed by atoms with Gasteiger partial charge in [-0.05, 0) is 30.9 Å². The van der Waals surface area contributed by atoms with Gasteiger partial charge in [-0.1, -0.05) is 23.8 Å². The van der Waals surface area contributed by atoms with E-state index in [2.05, 4.69) is 0 Å². The van der Waals surface area contributed by atoms with E-state index in [0.29, 0.717) is 11.4 Å². The van der Waals surface area contributed by atoms with Crippen molar-refractivity contribution >= 4 is 17.6 Å². The van der Waals surface area contributed by atoms with Crippen LogP contribution in [-0.2, 0) is 11.2 Å². The highest BCUT2D eigenvalue weighted by Gasteiger charge is 2.16. The normalized spacial score (nSPS) is 12.4. The number of aryl methyl sites for hydroxylation is 2. The number of alkyl halides is 1. The highest BCUT2D eigenvalue weighted by molar-refractivity contribution is 6.17. The van der Waals surface area contributed by atoms with E-state index in [1.807, 2.05) is 13.0 Å². The number of carboxylic acids is 1. The molecule has 1 atom stereocenters. The fraction of sp³-hybridized carbons (Fsp3) is 0.417. The Morgan fingerprint density at radius 3 is 2.69 bits per heavy atom. The summed E-state index contributed by atoms with van der Waals surface area (Å²) < 4.78 is 0. The minimum absolute atomic E-state index is 0.428. The van der Waals surface area contributed by atoms with Crippen molar-refractivity contribution in [2.24, 2.45) is 0 Å². The lowest BCUT2D eigenvalue weighted by molar-refractivity contribution is -0.146. The lowest BCUT2D eigenvalue weighted by Gasteiger charge is -2.09. The summed E-state index contributed by atoms with van der Waals surface area (Å²) in [6.45, 7) is 1.88. The summed E-state index contributed by atoms with van der Waals surface area (Å²) in [6.07, 6.45) is 0.188. The maximum absolute atomic E-state index is 10.7. The van der Waals surface area contributed by atoms with Crippen LogP contribution in [0.1, 0.15) is 29.2 Å². The van der Waals surface area contributed by atoms with Crippen LogP contribution in [0.4, 0.5) is 0 Å². The van der Waals surface area contributed by atoms with E-state index in [4.69, 9.17) is 16.7 Å². The third kappa shape index (κ3) is 3.51. The first-order valence-electron chi connectivity index (χ1n) is 5.12. The van der Waals surface area contributed by atoms with Gasteiger partial charge in [0.05, 0.1) is 0 Å². The van der Waals surface area contributed by atoms with Crippen LogP contribution < -0.4 is 0 Å². The van der Waals surface area contributed by atoms with E-state index >= 15 is 0 Å². The second-order valence-corrected chi connectivity index (χ2v) is 4.16. The Morgan fingerprint density at radius 1 is 1.44 bits per heavy atom. The fourth-order valence-corrected chi connectivity index (χ4v) is 1.74. The van der Waals surface area contributed by atoms with Gasteiger partial charge in [0, 0.05) is 5.88 Å². The van der Waals surface area contributed by atoms with Crippen molar-refractivity contribution in [1.82, 2.24) is 0 Å². The molecule has 0 heterocycles. The molecule has 0 fully saturated rings. The number of aliphatic carboxylic acids is 1. The molecule has 0 aromatic heterocycles. The molecule has 3 nitrogen and oxygen atoms in total. The third-order valence-corrected chi connectivity index (χ3v) is 2.58. The average molecular weight is 243 g/mol. The number of hydrogen-bond acceptors (Lipinski definition) is 2. The molecule has 0 radical (unpaired) electrons. The van der Waals surface area contributed by atoms with Crippen molar-refractivity contribution in [2.45, 2.75) is 25.9 Å². The number of hydrogen-bond donors (Lipinski definition) is 2. The minimum atomic E-state index is -1.45. The summed E-state index contributed by atoms with van der Waals surface area (Å²) in [6, 6.07) is 5.38. The maximum atomic E-state index is 10.7. The molecule has 1 aromatic carbocycles. The topological polar surface area (TPSA) is 57.5 Å². The van der Waals surface area contributed by atoms with E-state index in [0.717, 1.165) is 24.0 Å². The van der Waals surface area contributed by atoms with E-state index in [-0.39, 0.29) is 0 Å². The van der Waals surface area contributed by atoms with Crippen LogP contribution >= 0.6 is 11.6 Å². The van der Waals surface area contributed by atoms with Crippen LogP contribution in [0.25, 0.3) is 0 Å². The standard InChI is InChI=1S/C12H15ClO3/c1-8-5-9(3-2-4-13)7-10(6-8)11(14)12(15)16/h5-7,11,14H,2-4H2,1H3,(H,15,16). The van der Waals surface area contributed by atoms with E-state index in [1.54, 1.807) is 12.1 Å². The Bertz CT molecular complexity index is 377. The second-order valence-electron chi connectivity index (χ2n) is 3.79. The van der Waals surface area contributed by atoms with Gasteiger partial charge in [-0.3, -0.25) is 0 Å². The van der Waals surface area contributed by atoms with Crippen LogP contribution in [0.3, 0.4) is 0 Å². The zero-order chi connectivity index (χ0) is 12.1. The van der Waals surface area contributed by atoms with Crippen molar-refractivity contribution in [3.8, 4) is 0 Å². The first kappa shape index (κ1) is 13.0. The largest absolute Gasteiger partial charge is 0.479 e. The number of rotatable bonds is 5. The fourth-order valence-electron chi connectivity index (χ4n) is 1.61. The van der Waals surface area contributed by atoms with Gasteiger partial charge in [0.15, 0.2) is 6.10 Å². The average Bonchev–Trinajstić information content (AvgIpc) is 2.24. The summed E-state index contributed by atoms with van der Waals surface area (Å²) in [5.41, 5.74) is 2.38. The zero-order valence-corrected chi connectivity index (χ0v) is 9.87. The summed E-state index contributed by atoms with van der Waals surface area (Å²) in [7, 11) is 0. The third-order valence-electron chi connectivity index (χ3n) is 2.31. The summed E-state index contributed by atoms with van der Waals surface area (Å²) in [4.78, 5) is 10.7. The Hall–Kier alpha value is -1.06. The molecule has 0 aliphatic carbocycles. The number of aliphatic hydroxyl groups excluding tert-OH is 1. The highest BCUT2D eigenvalue weighted by Crippen LogP contribution is 2.18. The molecule has 4 heteroatoms. The maximum Gasteiger partial charge on any atom is 0.337 e. The summed E-state index contributed by atoms with van der Waals surface area (Å²) in [5, 5.41) is 18.2. The van der Waals surface area contributed by atoms with Gasteiger partial charge in [0.2, 0.25) is 0 Å². The van der Waals surface area contributed by atoms with Crippen molar-refractivity contribution in [1.29, 1.82) is 0 Å². The smallest absolute Gasteiger partial charge is 0.337 e. The van der Waals surface area contributed by atoms with Gasteiger partial charge in [-0.15, -0.1) is 11.6 Å². The molecule has 1 aromatic rings. The summed E-state index contributed by atoms with van der Waals surface area (Å²) >= 11 is 5.60. The molecular formula is C12H15ClO3. The predicted octanol–water partition coefficient (Wildman–Crippen LogP) is 2.28. The Morgan fingerprint density at radius 2 is 2.12 bits per heavy atom. The number of carbonyl (C=O) groups is 1. The van der Waals surface area contributed by atoms with Gasteiger partial charge in [-0.2, -0.15) is 0 Å². The van der Waals surface area contributed by atoms with Crippen molar-refractivity contribution in [2.75, 3.05) is 5.88 Å². The molecule has 0 saturated carbocycles. The molecule has 1 rings (SSSR count). The number of aliphatic hydroxyl groups is 1. The molecule has 0 bridgehead atoms. The Kier molecular flexibility index (Phi) is 4.77. The molecule has 0 amide bonds. The van der Waals surface area contributed by atoms with Gasteiger partial charge in [0.1, 0.15) is 0 Å². The first-order valence-corrected chi connectivity index (χ1v) is 5.65. The van der Waals surface area contributed by atoms with Crippen LogP contribution in [0, 0.1) is 6.92 Å². The number of benzene rings is 1. The minimum Gasteiger partial charge on any atom is -0.479 e. The van der Waals surface area contributed by atoms with Gasteiger partial charge in [-0.25, -0.2) is 4.79 Å². The molecule has 0 aliphatic heterocycles. The van der Waals surface area contributed by atoms with Gasteiger partial charge >= 0.3 is 5.97 Å². The van der Waals surface area contributed by atoms with Crippen molar-refractivity contribution < 1.29 is 15.0 Å². The molecule has 16 heavy (non-hydrogen) atoms. The van der Waals surface area contributed by atoms with Gasteiger partial charge in [0.25, 0.3) is 0 Å². The monoisotopic (exact) mass is 242 g/mol. The van der Waals surface area contributed by atoms with E-state index in [1.165, 1.54) is 0 Å². The van der Waals surface area contributed by atoms with E-state index in [9.17, 15) is 9.90 Å². The van der Waals surface area contributed by atoms with Crippen LogP contribution in [0.15, 0.2) is 18.2 Å². The van der Waals surface area contributed by atoms with Crippen LogP contribution in [0.5, 0.6) is 0 Å². The Labute approximate surface area is 99.7 Å². The predicted molar refractivity (Wildman–Crippen MR) is 62.8 cm³/mol. The SMILES string of the molecule is Cc1cc(CCCCl)cc(C(O)C(=O)O)c1. The molecule has 0 saturated heterocycles. The number of carboxylic acid groups (broad SMARTS) is 1. The molecule has 88 valence electrons.